The number of carbonyl (C=O) groups excluding carboxylic acids is 1. The number of nitrogens with zero attached hydrogens (tertiary/aromatic N) is 3. The molecular formula is C16H20N4O. The van der Waals surface area contributed by atoms with Gasteiger partial charge in [0.1, 0.15) is 0 Å². The second-order valence-electron chi connectivity index (χ2n) is 5.46. The van der Waals surface area contributed by atoms with Gasteiger partial charge in [0.05, 0.1) is 6.54 Å². The van der Waals surface area contributed by atoms with E-state index in [-0.39, 0.29) is 5.91 Å². The Kier molecular flexibility index (Phi) is 4.01. The smallest absolute Gasteiger partial charge is 0.253 e. The van der Waals surface area contributed by atoms with E-state index in [9.17, 15) is 4.79 Å². The third-order valence-electron chi connectivity index (χ3n) is 4.01. The first-order valence-corrected chi connectivity index (χ1v) is 7.28. The van der Waals surface area contributed by atoms with E-state index in [4.69, 9.17) is 0 Å². The molecule has 21 heavy (non-hydrogen) atoms. The third kappa shape index (κ3) is 3.13. The third-order valence-corrected chi connectivity index (χ3v) is 4.01. The molecule has 0 unspecified atom stereocenters. The molecule has 1 aromatic carbocycles. The molecule has 0 bridgehead atoms. The number of likely N-dealkylation sites (N-methyl/N-ethyl adjacent to an activating group) is 1. The van der Waals surface area contributed by atoms with Gasteiger partial charge in [-0.15, -0.1) is 0 Å². The minimum absolute atomic E-state index is 0.0920. The van der Waals surface area contributed by atoms with Crippen LogP contribution in [-0.4, -0.2) is 46.8 Å². The van der Waals surface area contributed by atoms with Gasteiger partial charge >= 0.3 is 0 Å². The van der Waals surface area contributed by atoms with Crippen molar-refractivity contribution < 1.29 is 4.79 Å². The number of aromatic nitrogens is 2. The Morgan fingerprint density at radius 3 is 2.86 bits per heavy atom. The van der Waals surface area contributed by atoms with E-state index in [1.54, 1.807) is 6.20 Å². The molecule has 0 radical (unpaired) electrons. The molecule has 3 rings (SSSR count). The Balaban J connectivity index is 1.67. The van der Waals surface area contributed by atoms with E-state index < -0.39 is 0 Å². The van der Waals surface area contributed by atoms with Crippen molar-refractivity contribution in [2.75, 3.05) is 20.1 Å². The molecule has 110 valence electrons. The molecule has 1 aliphatic rings. The van der Waals surface area contributed by atoms with Crippen molar-refractivity contribution in [3.05, 3.63) is 53.9 Å². The number of hydrogen-bond acceptors (Lipinski definition) is 3. The Hall–Kier alpha value is -2.14. The average molecular weight is 284 g/mol. The summed E-state index contributed by atoms with van der Waals surface area (Å²) >= 11 is 0. The first-order valence-electron chi connectivity index (χ1n) is 7.28. The highest BCUT2D eigenvalue weighted by Crippen LogP contribution is 2.13. The van der Waals surface area contributed by atoms with Crippen LogP contribution in [0.1, 0.15) is 22.3 Å². The van der Waals surface area contributed by atoms with Crippen molar-refractivity contribution in [1.29, 1.82) is 0 Å². The Labute approximate surface area is 124 Å². The zero-order valence-electron chi connectivity index (χ0n) is 12.2. The van der Waals surface area contributed by atoms with Gasteiger partial charge in [-0.25, -0.2) is 0 Å². The number of benzene rings is 1. The lowest BCUT2D eigenvalue weighted by Crippen LogP contribution is -2.38. The molecule has 1 saturated heterocycles. The van der Waals surface area contributed by atoms with E-state index in [1.165, 1.54) is 0 Å². The van der Waals surface area contributed by atoms with E-state index in [2.05, 4.69) is 10.4 Å². The fraction of sp³-hybridized carbons (Fsp3) is 0.375. The monoisotopic (exact) mass is 284 g/mol. The maximum absolute atomic E-state index is 12.4. The normalized spacial score (nSPS) is 17.9. The van der Waals surface area contributed by atoms with Gasteiger partial charge in [0.25, 0.3) is 5.91 Å². The van der Waals surface area contributed by atoms with Crippen LogP contribution < -0.4 is 5.32 Å². The second-order valence-corrected chi connectivity index (χ2v) is 5.46. The zero-order chi connectivity index (χ0) is 14.7. The molecular weight excluding hydrogens is 264 g/mol. The Morgan fingerprint density at radius 2 is 2.24 bits per heavy atom. The summed E-state index contributed by atoms with van der Waals surface area (Å²) < 4.78 is 1.87. The van der Waals surface area contributed by atoms with Crippen LogP contribution >= 0.6 is 0 Å². The highest BCUT2D eigenvalue weighted by atomic mass is 16.2. The molecule has 1 atom stereocenters. The average Bonchev–Trinajstić information content (AvgIpc) is 3.20. The molecule has 5 nitrogen and oxygen atoms in total. The Morgan fingerprint density at radius 1 is 1.43 bits per heavy atom. The SMILES string of the molecule is CN(C(=O)c1ccc(Cn2cccn2)cc1)[C@@H]1CCNC1. The summed E-state index contributed by atoms with van der Waals surface area (Å²) in [6.07, 6.45) is 4.72. The number of nitrogens with one attached hydrogen (secondary N) is 1. The van der Waals surface area contributed by atoms with Gasteiger partial charge in [-0.1, -0.05) is 12.1 Å². The number of carbonyl (C=O) groups is 1. The first kappa shape index (κ1) is 13.8. The minimum atomic E-state index is 0.0920. The van der Waals surface area contributed by atoms with E-state index in [0.29, 0.717) is 6.04 Å². The quantitative estimate of drug-likeness (QED) is 0.922. The van der Waals surface area contributed by atoms with Crippen LogP contribution in [0.2, 0.25) is 0 Å². The molecule has 1 aliphatic heterocycles. The largest absolute Gasteiger partial charge is 0.337 e. The summed E-state index contributed by atoms with van der Waals surface area (Å²) in [5.41, 5.74) is 1.88. The van der Waals surface area contributed by atoms with Crippen molar-refractivity contribution in [2.24, 2.45) is 0 Å². The molecule has 2 aromatic rings. The molecule has 5 heteroatoms. The molecule has 2 heterocycles. The number of amides is 1. The summed E-state index contributed by atoms with van der Waals surface area (Å²) in [5, 5.41) is 7.47. The predicted molar refractivity (Wildman–Crippen MR) is 81.1 cm³/mol. The van der Waals surface area contributed by atoms with Crippen LogP contribution in [0.3, 0.4) is 0 Å². The van der Waals surface area contributed by atoms with E-state index in [1.807, 2.05) is 53.2 Å². The summed E-state index contributed by atoms with van der Waals surface area (Å²) in [6, 6.07) is 10.0. The van der Waals surface area contributed by atoms with Crippen LogP contribution in [0.4, 0.5) is 0 Å². The standard InChI is InChI=1S/C16H20N4O/c1-19(15-7-9-17-11-15)16(21)14-5-3-13(4-6-14)12-20-10-2-8-18-20/h2-6,8,10,15,17H,7,9,11-12H2,1H3/t15-/m1/s1. The summed E-state index contributed by atoms with van der Waals surface area (Å²) in [6.45, 7) is 2.61. The zero-order valence-corrected chi connectivity index (χ0v) is 12.2. The predicted octanol–water partition coefficient (Wildman–Crippen LogP) is 1.37. The highest BCUT2D eigenvalue weighted by Gasteiger charge is 2.23. The topological polar surface area (TPSA) is 50.2 Å². The summed E-state index contributed by atoms with van der Waals surface area (Å²) in [5.74, 6) is 0.0920. The van der Waals surface area contributed by atoms with Crippen molar-refractivity contribution in [2.45, 2.75) is 19.0 Å². The van der Waals surface area contributed by atoms with Crippen molar-refractivity contribution in [3.8, 4) is 0 Å². The van der Waals surface area contributed by atoms with E-state index >= 15 is 0 Å². The Bertz CT molecular complexity index is 585. The van der Waals surface area contributed by atoms with Crippen LogP contribution in [0.5, 0.6) is 0 Å². The van der Waals surface area contributed by atoms with Gasteiger partial charge in [-0.05, 0) is 36.7 Å². The van der Waals surface area contributed by atoms with E-state index in [0.717, 1.165) is 37.2 Å². The molecule has 1 fully saturated rings. The number of rotatable bonds is 4. The summed E-state index contributed by atoms with van der Waals surface area (Å²) in [7, 11) is 1.89. The first-order chi connectivity index (χ1) is 10.2. The van der Waals surface area contributed by atoms with Crippen molar-refractivity contribution in [3.63, 3.8) is 0 Å². The van der Waals surface area contributed by atoms with Crippen LogP contribution in [0, 0.1) is 0 Å². The highest BCUT2D eigenvalue weighted by molar-refractivity contribution is 5.94. The maximum atomic E-state index is 12.4. The molecule has 1 aromatic heterocycles. The van der Waals surface area contributed by atoms with Gasteiger partial charge in [0.2, 0.25) is 0 Å². The lowest BCUT2D eigenvalue weighted by molar-refractivity contribution is 0.0744. The van der Waals surface area contributed by atoms with Crippen LogP contribution in [-0.2, 0) is 6.54 Å². The van der Waals surface area contributed by atoms with Gasteiger partial charge < -0.3 is 10.2 Å². The molecule has 0 saturated carbocycles. The van der Waals surface area contributed by atoms with Crippen molar-refractivity contribution in [1.82, 2.24) is 20.0 Å². The molecule has 0 spiro atoms. The fourth-order valence-electron chi connectivity index (χ4n) is 2.67. The maximum Gasteiger partial charge on any atom is 0.253 e. The molecule has 0 aliphatic carbocycles. The lowest BCUT2D eigenvalue weighted by Gasteiger charge is -2.23. The van der Waals surface area contributed by atoms with Crippen LogP contribution in [0.25, 0.3) is 0 Å². The van der Waals surface area contributed by atoms with Gasteiger partial charge in [0.15, 0.2) is 0 Å². The van der Waals surface area contributed by atoms with Gasteiger partial charge in [0, 0.05) is 37.6 Å². The second kappa shape index (κ2) is 6.10. The number of hydrogen-bond donors (Lipinski definition) is 1. The minimum Gasteiger partial charge on any atom is -0.337 e. The molecule has 1 N–H and O–H groups in total. The fourth-order valence-corrected chi connectivity index (χ4v) is 2.67. The summed E-state index contributed by atoms with van der Waals surface area (Å²) in [4.78, 5) is 14.3. The molecule has 1 amide bonds. The lowest BCUT2D eigenvalue weighted by atomic mass is 10.1. The van der Waals surface area contributed by atoms with Gasteiger partial charge in [-0.3, -0.25) is 9.48 Å². The van der Waals surface area contributed by atoms with Gasteiger partial charge in [-0.2, -0.15) is 5.10 Å². The van der Waals surface area contributed by atoms with Crippen molar-refractivity contribution >= 4 is 5.91 Å². The van der Waals surface area contributed by atoms with Crippen LogP contribution in [0.15, 0.2) is 42.7 Å².